The van der Waals surface area contributed by atoms with E-state index >= 15 is 0 Å². The fourth-order valence-electron chi connectivity index (χ4n) is 2.58. The second-order valence-corrected chi connectivity index (χ2v) is 6.35. The van der Waals surface area contributed by atoms with E-state index in [1.54, 1.807) is 42.5 Å². The summed E-state index contributed by atoms with van der Waals surface area (Å²) in [5.74, 6) is -0.488. The topological polar surface area (TPSA) is 152 Å². The van der Waals surface area contributed by atoms with Crippen LogP contribution in [-0.2, 0) is 0 Å². The first-order chi connectivity index (χ1) is 15.4. The molecule has 11 nitrogen and oxygen atoms in total. The third kappa shape index (κ3) is 6.03. The molecule has 0 spiro atoms. The van der Waals surface area contributed by atoms with E-state index in [0.29, 0.717) is 22.4 Å². The fourth-order valence-corrected chi connectivity index (χ4v) is 2.58. The van der Waals surface area contributed by atoms with Crippen LogP contribution in [0.3, 0.4) is 0 Å². The quantitative estimate of drug-likeness (QED) is 0.314. The van der Waals surface area contributed by atoms with Crippen molar-refractivity contribution in [1.82, 2.24) is 5.43 Å². The molecule has 1 amide bonds. The highest BCUT2D eigenvalue weighted by Gasteiger charge is 2.07. The predicted molar refractivity (Wildman–Crippen MR) is 119 cm³/mol. The van der Waals surface area contributed by atoms with Gasteiger partial charge in [-0.25, -0.2) is 5.43 Å². The van der Waals surface area contributed by atoms with Gasteiger partial charge in [-0.05, 0) is 18.2 Å². The molecule has 0 heterocycles. The van der Waals surface area contributed by atoms with Crippen molar-refractivity contribution in [3.8, 4) is 0 Å². The molecule has 0 aromatic heterocycles. The molecule has 2 N–H and O–H groups in total. The minimum Gasteiger partial charge on any atom is -0.278 e. The Kier molecular flexibility index (Phi) is 6.94. The molecule has 0 aliphatic heterocycles. The number of amides is 1. The molecule has 160 valence electrons. The summed E-state index contributed by atoms with van der Waals surface area (Å²) in [4.78, 5) is 32.9. The number of nitrogens with zero attached hydrogens (tertiary/aromatic N) is 4. The Morgan fingerprint density at radius 2 is 1.34 bits per heavy atom. The summed E-state index contributed by atoms with van der Waals surface area (Å²) < 4.78 is 0. The third-order valence-corrected chi connectivity index (χ3v) is 4.07. The number of nitro groups is 2. The average molecular weight is 432 g/mol. The number of hydrogen-bond donors (Lipinski definition) is 2. The van der Waals surface area contributed by atoms with Crippen molar-refractivity contribution < 1.29 is 14.6 Å². The Balaban J connectivity index is 1.61. The van der Waals surface area contributed by atoms with E-state index in [4.69, 9.17) is 0 Å². The number of non-ortho nitro benzene ring substituents is 2. The van der Waals surface area contributed by atoms with Crippen LogP contribution in [0.15, 0.2) is 83.0 Å². The maximum Gasteiger partial charge on any atom is 0.271 e. The highest BCUT2D eigenvalue weighted by Crippen LogP contribution is 2.14. The zero-order valence-corrected chi connectivity index (χ0v) is 16.4. The standard InChI is InChI=1S/C21H16N6O5/c28-21(25-23-14-16-5-2-9-20(11-16)27(31)32)17-6-3-7-18(12-17)24-22-13-15-4-1-8-19(10-15)26(29)30/h1-14,24H,(H,25,28). The number of hydrogen-bond acceptors (Lipinski definition) is 8. The van der Waals surface area contributed by atoms with Crippen LogP contribution >= 0.6 is 0 Å². The Bertz CT molecular complexity index is 1220. The summed E-state index contributed by atoms with van der Waals surface area (Å²) in [5.41, 5.74) is 6.80. The average Bonchev–Trinajstić information content (AvgIpc) is 2.79. The number of rotatable bonds is 8. The second kappa shape index (κ2) is 10.2. The van der Waals surface area contributed by atoms with Crippen LogP contribution in [-0.4, -0.2) is 28.2 Å². The van der Waals surface area contributed by atoms with Gasteiger partial charge in [-0.15, -0.1) is 0 Å². The molecular formula is C21H16N6O5. The largest absolute Gasteiger partial charge is 0.278 e. The van der Waals surface area contributed by atoms with Gasteiger partial charge < -0.3 is 0 Å². The molecule has 0 saturated heterocycles. The van der Waals surface area contributed by atoms with Crippen LogP contribution in [0.25, 0.3) is 0 Å². The monoisotopic (exact) mass is 432 g/mol. The van der Waals surface area contributed by atoms with Gasteiger partial charge in [0.25, 0.3) is 17.3 Å². The minimum atomic E-state index is -0.518. The lowest BCUT2D eigenvalue weighted by atomic mass is 10.2. The van der Waals surface area contributed by atoms with Gasteiger partial charge in [-0.1, -0.05) is 30.3 Å². The molecule has 3 rings (SSSR count). The van der Waals surface area contributed by atoms with E-state index in [1.165, 1.54) is 42.8 Å². The van der Waals surface area contributed by atoms with Crippen LogP contribution in [0, 0.1) is 20.2 Å². The molecule has 0 aliphatic carbocycles. The van der Waals surface area contributed by atoms with Gasteiger partial charge in [0, 0.05) is 41.0 Å². The molecule has 0 atom stereocenters. The summed E-state index contributed by atoms with van der Waals surface area (Å²) >= 11 is 0. The summed E-state index contributed by atoms with van der Waals surface area (Å²) in [6.45, 7) is 0. The van der Waals surface area contributed by atoms with Gasteiger partial charge in [0.1, 0.15) is 0 Å². The van der Waals surface area contributed by atoms with Gasteiger partial charge in [-0.3, -0.25) is 30.4 Å². The summed E-state index contributed by atoms with van der Waals surface area (Å²) in [6, 6.07) is 18.3. The summed E-state index contributed by atoms with van der Waals surface area (Å²) in [5, 5.41) is 29.5. The molecule has 0 bridgehead atoms. The van der Waals surface area contributed by atoms with Gasteiger partial charge >= 0.3 is 0 Å². The number of hydrazone groups is 2. The molecule has 0 fully saturated rings. The van der Waals surface area contributed by atoms with Crippen molar-refractivity contribution in [2.45, 2.75) is 0 Å². The maximum absolute atomic E-state index is 12.3. The summed E-state index contributed by atoms with van der Waals surface area (Å²) in [6.07, 6.45) is 2.72. The van der Waals surface area contributed by atoms with Gasteiger partial charge in [0.15, 0.2) is 0 Å². The third-order valence-electron chi connectivity index (χ3n) is 4.07. The molecule has 11 heteroatoms. The Labute approximate surface area is 181 Å². The van der Waals surface area contributed by atoms with E-state index in [0.717, 1.165) is 0 Å². The zero-order chi connectivity index (χ0) is 22.9. The summed E-state index contributed by atoms with van der Waals surface area (Å²) in [7, 11) is 0. The Morgan fingerprint density at radius 1 is 0.781 bits per heavy atom. The smallest absolute Gasteiger partial charge is 0.271 e. The van der Waals surface area contributed by atoms with E-state index in [2.05, 4.69) is 21.1 Å². The van der Waals surface area contributed by atoms with Crippen molar-refractivity contribution in [2.24, 2.45) is 10.2 Å². The predicted octanol–water partition coefficient (Wildman–Crippen LogP) is 3.71. The van der Waals surface area contributed by atoms with Gasteiger partial charge in [0.2, 0.25) is 0 Å². The fraction of sp³-hybridized carbons (Fsp3) is 0. The van der Waals surface area contributed by atoms with Crippen molar-refractivity contribution >= 4 is 35.4 Å². The van der Waals surface area contributed by atoms with E-state index < -0.39 is 15.8 Å². The number of benzene rings is 3. The van der Waals surface area contributed by atoms with E-state index in [9.17, 15) is 25.0 Å². The van der Waals surface area contributed by atoms with Crippen molar-refractivity contribution in [3.05, 3.63) is 110 Å². The van der Waals surface area contributed by atoms with E-state index in [-0.39, 0.29) is 11.4 Å². The van der Waals surface area contributed by atoms with Crippen molar-refractivity contribution in [3.63, 3.8) is 0 Å². The van der Waals surface area contributed by atoms with Crippen LogP contribution in [0.1, 0.15) is 21.5 Å². The highest BCUT2D eigenvalue weighted by molar-refractivity contribution is 5.95. The lowest BCUT2D eigenvalue weighted by molar-refractivity contribution is -0.385. The number of nitro benzene ring substituents is 2. The first kappa shape index (κ1) is 21.8. The number of anilines is 1. The van der Waals surface area contributed by atoms with Crippen LogP contribution in [0.2, 0.25) is 0 Å². The van der Waals surface area contributed by atoms with Crippen LogP contribution in [0.5, 0.6) is 0 Å². The molecule has 32 heavy (non-hydrogen) atoms. The van der Waals surface area contributed by atoms with Crippen molar-refractivity contribution in [1.29, 1.82) is 0 Å². The van der Waals surface area contributed by atoms with Crippen molar-refractivity contribution in [2.75, 3.05) is 5.43 Å². The molecule has 0 radical (unpaired) electrons. The first-order valence-corrected chi connectivity index (χ1v) is 9.14. The zero-order valence-electron chi connectivity index (χ0n) is 16.4. The normalized spacial score (nSPS) is 10.9. The molecule has 0 aliphatic rings. The maximum atomic E-state index is 12.3. The Hall–Kier alpha value is -4.93. The van der Waals surface area contributed by atoms with E-state index in [1.807, 2.05) is 0 Å². The van der Waals surface area contributed by atoms with Gasteiger partial charge in [0.05, 0.1) is 28.0 Å². The second-order valence-electron chi connectivity index (χ2n) is 6.35. The lowest BCUT2D eigenvalue weighted by Crippen LogP contribution is -2.17. The Morgan fingerprint density at radius 3 is 1.94 bits per heavy atom. The number of nitrogens with one attached hydrogen (secondary N) is 2. The SMILES string of the molecule is O=C(NN=Cc1cccc([N+](=O)[O-])c1)c1cccc(NN=Cc2cccc([N+](=O)[O-])c2)c1. The van der Waals surface area contributed by atoms with Crippen LogP contribution < -0.4 is 10.9 Å². The number of carbonyl (C=O) groups excluding carboxylic acids is 1. The molecule has 3 aromatic carbocycles. The molecule has 0 saturated carbocycles. The first-order valence-electron chi connectivity index (χ1n) is 9.14. The number of carbonyl (C=O) groups is 1. The van der Waals surface area contributed by atoms with Gasteiger partial charge in [-0.2, -0.15) is 10.2 Å². The molecule has 3 aromatic rings. The minimum absolute atomic E-state index is 0.0433. The molecular weight excluding hydrogens is 416 g/mol. The molecule has 0 unspecified atom stereocenters. The highest BCUT2D eigenvalue weighted by atomic mass is 16.6. The lowest BCUT2D eigenvalue weighted by Gasteiger charge is -2.04. The van der Waals surface area contributed by atoms with Crippen LogP contribution in [0.4, 0.5) is 17.1 Å².